The van der Waals surface area contributed by atoms with Crippen molar-refractivity contribution in [2.45, 2.75) is 6.42 Å². The maximum absolute atomic E-state index is 13.4. The van der Waals surface area contributed by atoms with E-state index in [9.17, 15) is 9.18 Å². The number of oxime groups is 1. The molecule has 0 saturated heterocycles. The molecule has 1 aliphatic rings. The summed E-state index contributed by atoms with van der Waals surface area (Å²) in [6.07, 6.45) is -0.00292. The van der Waals surface area contributed by atoms with Crippen LogP contribution in [0.15, 0.2) is 17.3 Å². The molecule has 0 fully saturated rings. The number of carbonyl (C=O) groups is 1. The third-order valence-corrected chi connectivity index (χ3v) is 2.46. The van der Waals surface area contributed by atoms with E-state index < -0.39 is 11.6 Å². The normalized spacial score (nSPS) is 17.6. The zero-order valence-electron chi connectivity index (χ0n) is 6.92. The van der Waals surface area contributed by atoms with E-state index in [0.29, 0.717) is 0 Å². The number of carbonyl (C=O) groups excluding carboxylic acids is 1. The lowest BCUT2D eigenvalue weighted by Gasteiger charge is -1.99. The van der Waals surface area contributed by atoms with Crippen LogP contribution in [0, 0.1) is 5.82 Å². The van der Waals surface area contributed by atoms with Gasteiger partial charge in [-0.05, 0) is 12.1 Å². The van der Waals surface area contributed by atoms with Crippen molar-refractivity contribution in [3.05, 3.63) is 34.1 Å². The highest BCUT2D eigenvalue weighted by Crippen LogP contribution is 2.27. The molecule has 0 heterocycles. The van der Waals surface area contributed by atoms with Gasteiger partial charge in [-0.15, -0.1) is 0 Å². The van der Waals surface area contributed by atoms with Gasteiger partial charge in [0, 0.05) is 17.5 Å². The highest BCUT2D eigenvalue weighted by molar-refractivity contribution is 6.49. The van der Waals surface area contributed by atoms with Gasteiger partial charge in [-0.3, -0.25) is 4.79 Å². The lowest BCUT2D eigenvalue weighted by Crippen LogP contribution is -2.06. The second kappa shape index (κ2) is 3.06. The molecule has 0 aliphatic heterocycles. The minimum absolute atomic E-state index is 0.00292. The largest absolute Gasteiger partial charge is 0.411 e. The molecule has 2 rings (SSSR count). The molecule has 0 amide bonds. The van der Waals surface area contributed by atoms with Crippen LogP contribution in [0.4, 0.5) is 4.39 Å². The molecule has 0 aromatic heterocycles. The molecule has 1 N–H and O–H groups in total. The minimum Gasteiger partial charge on any atom is -0.411 e. The number of rotatable bonds is 0. The van der Waals surface area contributed by atoms with Gasteiger partial charge in [-0.25, -0.2) is 4.39 Å². The summed E-state index contributed by atoms with van der Waals surface area (Å²) in [5, 5.41) is 11.3. The Hall–Kier alpha value is -1.42. The molecular weight excluding hydrogens is 209 g/mol. The zero-order chi connectivity index (χ0) is 10.3. The van der Waals surface area contributed by atoms with Crippen molar-refractivity contribution in [1.82, 2.24) is 0 Å². The predicted octanol–water partition coefficient (Wildman–Crippen LogP) is 2.05. The number of fused-ring (bicyclic) bond motifs is 1. The maximum Gasteiger partial charge on any atom is 0.211 e. The molecule has 0 saturated carbocycles. The molecule has 3 nitrogen and oxygen atoms in total. The smallest absolute Gasteiger partial charge is 0.211 e. The molecule has 0 radical (unpaired) electrons. The number of halogens is 2. The van der Waals surface area contributed by atoms with Crippen molar-refractivity contribution in [2.75, 3.05) is 0 Å². The SMILES string of the molecule is O=C1/C(=N\O)Cc2c1ccc(Cl)c2F. The minimum atomic E-state index is -0.615. The quantitative estimate of drug-likeness (QED) is 0.530. The van der Waals surface area contributed by atoms with Crippen LogP contribution in [-0.4, -0.2) is 16.7 Å². The molecule has 0 unspecified atom stereocenters. The number of Topliss-reactive ketones (excluding diaryl/α,β-unsaturated/α-hetero) is 1. The Bertz CT molecular complexity index is 456. The van der Waals surface area contributed by atoms with Crippen molar-refractivity contribution in [3.63, 3.8) is 0 Å². The van der Waals surface area contributed by atoms with E-state index >= 15 is 0 Å². The van der Waals surface area contributed by atoms with Crippen LogP contribution in [0.2, 0.25) is 5.02 Å². The van der Waals surface area contributed by atoms with E-state index in [-0.39, 0.29) is 28.3 Å². The first-order valence-electron chi connectivity index (χ1n) is 3.87. The summed E-state index contributed by atoms with van der Waals surface area (Å²) in [6, 6.07) is 2.75. The fraction of sp³-hybridized carbons (Fsp3) is 0.111. The Morgan fingerprint density at radius 3 is 2.86 bits per heavy atom. The summed E-state index contributed by atoms with van der Waals surface area (Å²) in [5.74, 6) is -1.06. The molecule has 0 bridgehead atoms. The van der Waals surface area contributed by atoms with Crippen molar-refractivity contribution in [1.29, 1.82) is 0 Å². The van der Waals surface area contributed by atoms with Crippen LogP contribution in [-0.2, 0) is 6.42 Å². The monoisotopic (exact) mass is 213 g/mol. The fourth-order valence-corrected chi connectivity index (χ4v) is 1.64. The fourth-order valence-electron chi connectivity index (χ4n) is 1.46. The summed E-state index contributed by atoms with van der Waals surface area (Å²) in [5.41, 5.74) is 0.371. The molecular formula is C9H5ClFNO2. The Morgan fingerprint density at radius 1 is 1.50 bits per heavy atom. The Labute approximate surface area is 83.8 Å². The summed E-state index contributed by atoms with van der Waals surface area (Å²) in [6.45, 7) is 0. The second-order valence-electron chi connectivity index (χ2n) is 2.94. The van der Waals surface area contributed by atoms with Crippen LogP contribution < -0.4 is 0 Å². The molecule has 5 heteroatoms. The number of ketones is 1. The van der Waals surface area contributed by atoms with Gasteiger partial charge in [0.15, 0.2) is 0 Å². The molecule has 1 aromatic rings. The van der Waals surface area contributed by atoms with Gasteiger partial charge in [0.2, 0.25) is 5.78 Å². The Balaban J connectivity index is 2.65. The van der Waals surface area contributed by atoms with E-state index in [1.807, 2.05) is 0 Å². The van der Waals surface area contributed by atoms with Gasteiger partial charge in [-0.1, -0.05) is 16.8 Å². The van der Waals surface area contributed by atoms with E-state index in [0.717, 1.165) is 0 Å². The summed E-state index contributed by atoms with van der Waals surface area (Å²) in [7, 11) is 0. The Kier molecular flexibility index (Phi) is 2.00. The van der Waals surface area contributed by atoms with Gasteiger partial charge < -0.3 is 5.21 Å². The third-order valence-electron chi connectivity index (χ3n) is 2.17. The van der Waals surface area contributed by atoms with Gasteiger partial charge in [0.1, 0.15) is 11.5 Å². The lowest BCUT2D eigenvalue weighted by molar-refractivity contribution is 0.106. The molecule has 0 spiro atoms. The van der Waals surface area contributed by atoms with Gasteiger partial charge in [0.05, 0.1) is 5.02 Å². The predicted molar refractivity (Wildman–Crippen MR) is 48.7 cm³/mol. The number of hydrogen-bond acceptors (Lipinski definition) is 3. The van der Waals surface area contributed by atoms with E-state index in [2.05, 4.69) is 5.16 Å². The first kappa shape index (κ1) is 9.15. The average Bonchev–Trinajstić information content (AvgIpc) is 2.50. The highest BCUT2D eigenvalue weighted by atomic mass is 35.5. The zero-order valence-corrected chi connectivity index (χ0v) is 7.68. The van der Waals surface area contributed by atoms with Crippen molar-refractivity contribution in [3.8, 4) is 0 Å². The topological polar surface area (TPSA) is 49.7 Å². The number of benzene rings is 1. The summed E-state index contributed by atoms with van der Waals surface area (Å²) in [4.78, 5) is 11.4. The highest BCUT2D eigenvalue weighted by Gasteiger charge is 2.30. The van der Waals surface area contributed by atoms with E-state index in [1.54, 1.807) is 0 Å². The van der Waals surface area contributed by atoms with Crippen LogP contribution in [0.25, 0.3) is 0 Å². The second-order valence-corrected chi connectivity index (χ2v) is 3.35. The van der Waals surface area contributed by atoms with Gasteiger partial charge >= 0.3 is 0 Å². The number of hydrogen-bond donors (Lipinski definition) is 1. The molecule has 1 aliphatic carbocycles. The molecule has 1 aromatic carbocycles. The van der Waals surface area contributed by atoms with Gasteiger partial charge in [0.25, 0.3) is 0 Å². The van der Waals surface area contributed by atoms with Crippen LogP contribution >= 0.6 is 11.6 Å². The van der Waals surface area contributed by atoms with Crippen LogP contribution in [0.3, 0.4) is 0 Å². The van der Waals surface area contributed by atoms with Crippen LogP contribution in [0.5, 0.6) is 0 Å². The van der Waals surface area contributed by atoms with Gasteiger partial charge in [-0.2, -0.15) is 0 Å². The molecule has 0 atom stereocenters. The first-order chi connectivity index (χ1) is 6.65. The summed E-state index contributed by atoms with van der Waals surface area (Å²) >= 11 is 5.54. The van der Waals surface area contributed by atoms with Crippen molar-refractivity contribution >= 4 is 23.1 Å². The Morgan fingerprint density at radius 2 is 2.21 bits per heavy atom. The van der Waals surface area contributed by atoms with Crippen molar-refractivity contribution < 1.29 is 14.4 Å². The molecule has 14 heavy (non-hydrogen) atoms. The lowest BCUT2D eigenvalue weighted by atomic mass is 10.1. The standard InChI is InChI=1S/C9H5ClFNO2/c10-6-2-1-4-5(8(6)11)3-7(12-14)9(4)13/h1-2,14H,3H2/b12-7-. The average molecular weight is 214 g/mol. The third kappa shape index (κ3) is 1.11. The maximum atomic E-state index is 13.4. The van der Waals surface area contributed by atoms with E-state index in [1.165, 1.54) is 12.1 Å². The first-order valence-corrected chi connectivity index (χ1v) is 4.25. The molecule has 72 valence electrons. The van der Waals surface area contributed by atoms with E-state index in [4.69, 9.17) is 16.8 Å². The van der Waals surface area contributed by atoms with Crippen molar-refractivity contribution in [2.24, 2.45) is 5.16 Å². The summed E-state index contributed by atoms with van der Waals surface area (Å²) < 4.78 is 13.4. The van der Waals surface area contributed by atoms with Crippen LogP contribution in [0.1, 0.15) is 15.9 Å². The number of nitrogens with zero attached hydrogens (tertiary/aromatic N) is 1.